The van der Waals surface area contributed by atoms with Gasteiger partial charge in [0.1, 0.15) is 23.1 Å². The number of hydrogen-bond donors (Lipinski definition) is 1. The number of halogens is 1. The normalized spacial score (nSPS) is 13.8. The second-order valence-corrected chi connectivity index (χ2v) is 10.6. The lowest BCUT2D eigenvalue weighted by Gasteiger charge is -2.33. The number of esters is 1. The topological polar surface area (TPSA) is 47.6 Å². The summed E-state index contributed by atoms with van der Waals surface area (Å²) < 4.78 is 25.4. The number of hydrogen-bond acceptors (Lipinski definition) is 5. The van der Waals surface area contributed by atoms with Crippen LogP contribution in [-0.2, 0) is 11.3 Å². The molecule has 1 aliphatic rings. The third kappa shape index (κ3) is 5.02. The van der Waals surface area contributed by atoms with Crippen LogP contribution in [0.3, 0.4) is 0 Å². The number of thiophene rings is 1. The van der Waals surface area contributed by atoms with Gasteiger partial charge in [0, 0.05) is 28.4 Å². The van der Waals surface area contributed by atoms with Gasteiger partial charge in [-0.15, -0.1) is 11.3 Å². The van der Waals surface area contributed by atoms with Crippen LogP contribution < -0.4 is 10.1 Å². The van der Waals surface area contributed by atoms with Gasteiger partial charge in [-0.3, -0.25) is 0 Å². The van der Waals surface area contributed by atoms with Crippen LogP contribution in [0.2, 0.25) is 0 Å². The Kier molecular flexibility index (Phi) is 6.61. The van der Waals surface area contributed by atoms with Crippen LogP contribution in [0, 0.1) is 5.82 Å². The molecule has 3 aromatic carbocycles. The highest BCUT2D eigenvalue weighted by Gasteiger charge is 2.27. The molecule has 188 valence electrons. The van der Waals surface area contributed by atoms with Crippen molar-refractivity contribution in [2.75, 3.05) is 12.4 Å². The summed E-state index contributed by atoms with van der Waals surface area (Å²) in [6.45, 7) is 6.34. The van der Waals surface area contributed by atoms with Crippen molar-refractivity contribution in [1.82, 2.24) is 0 Å². The van der Waals surface area contributed by atoms with E-state index in [0.29, 0.717) is 10.6 Å². The van der Waals surface area contributed by atoms with Crippen LogP contribution in [0.15, 0.2) is 78.2 Å². The quantitative estimate of drug-likeness (QED) is 0.264. The Morgan fingerprint density at radius 2 is 1.76 bits per heavy atom. The highest BCUT2D eigenvalue weighted by atomic mass is 32.1. The van der Waals surface area contributed by atoms with E-state index in [1.54, 1.807) is 6.07 Å². The van der Waals surface area contributed by atoms with Crippen molar-refractivity contribution in [3.05, 3.63) is 100 Å². The molecule has 0 aliphatic carbocycles. The summed E-state index contributed by atoms with van der Waals surface area (Å²) in [7, 11) is 1.52. The predicted molar refractivity (Wildman–Crippen MR) is 149 cm³/mol. The van der Waals surface area contributed by atoms with E-state index in [0.717, 1.165) is 44.6 Å². The number of allylic oxidation sites excluding steroid dienone is 1. The minimum absolute atomic E-state index is 0.0593. The fourth-order valence-corrected chi connectivity index (χ4v) is 5.73. The van der Waals surface area contributed by atoms with E-state index in [1.807, 2.05) is 53.9 Å². The largest absolute Gasteiger partial charge is 0.496 e. The first-order valence-electron chi connectivity index (χ1n) is 12.0. The van der Waals surface area contributed by atoms with Gasteiger partial charge in [-0.05, 0) is 72.7 Å². The van der Waals surface area contributed by atoms with Crippen molar-refractivity contribution in [3.63, 3.8) is 0 Å². The van der Waals surface area contributed by atoms with Gasteiger partial charge in [0.05, 0.1) is 12.6 Å². The van der Waals surface area contributed by atoms with Gasteiger partial charge in [0.25, 0.3) is 0 Å². The molecular weight excluding hydrogens is 485 g/mol. The molecule has 0 atom stereocenters. The Labute approximate surface area is 220 Å². The van der Waals surface area contributed by atoms with E-state index in [4.69, 9.17) is 9.47 Å². The van der Waals surface area contributed by atoms with Crippen LogP contribution in [0.1, 0.15) is 41.6 Å². The van der Waals surface area contributed by atoms with Gasteiger partial charge in [-0.25, -0.2) is 9.18 Å². The van der Waals surface area contributed by atoms with Crippen LogP contribution in [0.25, 0.3) is 27.8 Å². The molecule has 0 bridgehead atoms. The molecule has 6 heteroatoms. The van der Waals surface area contributed by atoms with E-state index in [1.165, 1.54) is 30.6 Å². The maximum atomic E-state index is 14.0. The van der Waals surface area contributed by atoms with E-state index in [-0.39, 0.29) is 23.9 Å². The van der Waals surface area contributed by atoms with Crippen LogP contribution in [0.4, 0.5) is 10.1 Å². The molecule has 0 amide bonds. The molecule has 0 unspecified atom stereocenters. The molecule has 4 aromatic rings. The minimum atomic E-state index is -0.382. The lowest BCUT2D eigenvalue weighted by Crippen LogP contribution is -2.32. The van der Waals surface area contributed by atoms with Crippen LogP contribution in [0.5, 0.6) is 5.75 Å². The monoisotopic (exact) mass is 513 g/mol. The number of carbonyl (C=O) groups excluding carboxylic acids is 1. The zero-order valence-electron chi connectivity index (χ0n) is 21.2. The van der Waals surface area contributed by atoms with Crippen molar-refractivity contribution in [3.8, 4) is 28.0 Å². The summed E-state index contributed by atoms with van der Waals surface area (Å²) in [6, 6.07) is 20.3. The average molecular weight is 514 g/mol. The third-order valence-corrected chi connectivity index (χ3v) is 7.36. The number of anilines is 1. The summed E-state index contributed by atoms with van der Waals surface area (Å²) >= 11 is 1.37. The van der Waals surface area contributed by atoms with E-state index >= 15 is 0 Å². The lowest BCUT2D eigenvalue weighted by atomic mass is 9.85. The molecule has 37 heavy (non-hydrogen) atoms. The number of fused-ring (bicyclic) bond motifs is 1. The minimum Gasteiger partial charge on any atom is -0.496 e. The standard InChI is InChI=1S/C31H28FNO3S/c1-19-16-31(2,3)33-26-13-12-23(24-11-10-22(32)15-27(24)35-4)25(29(19)26)17-36-30(34)28-14-21(18-37-28)20-8-6-5-7-9-20/h5-16,18,33H,17H2,1-4H3. The molecule has 0 spiro atoms. The summed E-state index contributed by atoms with van der Waals surface area (Å²) in [5, 5.41) is 5.52. The van der Waals surface area contributed by atoms with Gasteiger partial charge in [0.15, 0.2) is 0 Å². The maximum absolute atomic E-state index is 14.0. The SMILES string of the molecule is COc1cc(F)ccc1-c1ccc2c(c1COC(=O)c1cc(-c3ccccc3)cs1)C(C)=CC(C)(C)N2. The molecule has 5 rings (SSSR count). The third-order valence-electron chi connectivity index (χ3n) is 6.45. The Morgan fingerprint density at radius 3 is 2.51 bits per heavy atom. The first-order valence-corrected chi connectivity index (χ1v) is 12.9. The smallest absolute Gasteiger partial charge is 0.348 e. The maximum Gasteiger partial charge on any atom is 0.348 e. The molecule has 0 radical (unpaired) electrons. The van der Waals surface area contributed by atoms with Gasteiger partial charge < -0.3 is 14.8 Å². The lowest BCUT2D eigenvalue weighted by molar-refractivity contribution is 0.0479. The zero-order chi connectivity index (χ0) is 26.2. The summed E-state index contributed by atoms with van der Waals surface area (Å²) in [5.41, 5.74) is 7.24. The predicted octanol–water partition coefficient (Wildman–Crippen LogP) is 8.19. The summed E-state index contributed by atoms with van der Waals surface area (Å²) in [4.78, 5) is 13.7. The second kappa shape index (κ2) is 9.87. The first kappa shape index (κ1) is 24.8. The molecule has 0 saturated carbocycles. The molecule has 0 saturated heterocycles. The fourth-order valence-electron chi connectivity index (χ4n) is 4.92. The van der Waals surface area contributed by atoms with Gasteiger partial charge in [0.2, 0.25) is 0 Å². The molecule has 1 N–H and O–H groups in total. The number of benzene rings is 3. The molecule has 1 aromatic heterocycles. The summed E-state index contributed by atoms with van der Waals surface area (Å²) in [6.07, 6.45) is 2.16. The van der Waals surface area contributed by atoms with Crippen molar-refractivity contribution in [2.45, 2.75) is 32.9 Å². The van der Waals surface area contributed by atoms with Crippen molar-refractivity contribution in [2.24, 2.45) is 0 Å². The first-order chi connectivity index (χ1) is 17.8. The molecule has 4 nitrogen and oxygen atoms in total. The number of carbonyl (C=O) groups is 1. The second-order valence-electron chi connectivity index (χ2n) is 9.67. The van der Waals surface area contributed by atoms with Crippen LogP contribution in [-0.4, -0.2) is 18.6 Å². The van der Waals surface area contributed by atoms with Crippen molar-refractivity contribution < 1.29 is 18.7 Å². The van der Waals surface area contributed by atoms with Gasteiger partial charge in [-0.2, -0.15) is 0 Å². The average Bonchev–Trinajstić information content (AvgIpc) is 3.37. The molecule has 1 aliphatic heterocycles. The Hall–Kier alpha value is -3.90. The molecular formula is C31H28FNO3S. The summed E-state index contributed by atoms with van der Waals surface area (Å²) in [5.74, 6) is -0.338. The van der Waals surface area contributed by atoms with Crippen molar-refractivity contribution >= 4 is 28.6 Å². The number of ether oxygens (including phenoxy) is 2. The Balaban J connectivity index is 1.52. The van der Waals surface area contributed by atoms with E-state index in [9.17, 15) is 9.18 Å². The highest BCUT2D eigenvalue weighted by molar-refractivity contribution is 7.12. The number of rotatable bonds is 6. The molecule has 2 heterocycles. The fraction of sp³-hybridized carbons (Fsp3) is 0.194. The van der Waals surface area contributed by atoms with E-state index < -0.39 is 0 Å². The highest BCUT2D eigenvalue weighted by Crippen LogP contribution is 2.43. The van der Waals surface area contributed by atoms with Crippen molar-refractivity contribution in [1.29, 1.82) is 0 Å². The number of methoxy groups -OCH3 is 1. The Bertz CT molecular complexity index is 1500. The van der Waals surface area contributed by atoms with E-state index in [2.05, 4.69) is 32.2 Å². The van der Waals surface area contributed by atoms with Gasteiger partial charge >= 0.3 is 5.97 Å². The van der Waals surface area contributed by atoms with Crippen LogP contribution >= 0.6 is 11.3 Å². The number of nitrogens with one attached hydrogen (secondary N) is 1. The Morgan fingerprint density at radius 1 is 1.00 bits per heavy atom. The zero-order valence-corrected chi connectivity index (χ0v) is 22.0. The molecule has 0 fully saturated rings. The van der Waals surface area contributed by atoms with Gasteiger partial charge in [-0.1, -0.05) is 42.5 Å².